The molecule has 1 saturated carbocycles. The number of anilines is 1. The van der Waals surface area contributed by atoms with Crippen LogP contribution in [0.5, 0.6) is 5.75 Å². The van der Waals surface area contributed by atoms with Gasteiger partial charge < -0.3 is 15.0 Å². The van der Waals surface area contributed by atoms with Gasteiger partial charge in [-0.1, -0.05) is 37.5 Å². The fourth-order valence-electron chi connectivity index (χ4n) is 4.45. The van der Waals surface area contributed by atoms with Gasteiger partial charge in [-0.2, -0.15) is 0 Å². The molecule has 10 heteroatoms. The predicted octanol–water partition coefficient (Wildman–Crippen LogP) is 3.86. The van der Waals surface area contributed by atoms with Gasteiger partial charge in [0.25, 0.3) is 0 Å². The lowest BCUT2D eigenvalue weighted by molar-refractivity contribution is -0.139. The number of ether oxygens (including phenoxy) is 1. The van der Waals surface area contributed by atoms with Gasteiger partial charge in [0.05, 0.1) is 18.6 Å². The number of nitrogens with zero attached hydrogens (tertiary/aromatic N) is 2. The van der Waals surface area contributed by atoms with E-state index in [-0.39, 0.29) is 29.7 Å². The van der Waals surface area contributed by atoms with Gasteiger partial charge in [-0.25, -0.2) is 12.8 Å². The maximum Gasteiger partial charge on any atom is 0.244 e. The number of hydrogen-bond donors (Lipinski definition) is 1. The fraction of sp³-hybridized carbons (Fsp3) is 0.481. The van der Waals surface area contributed by atoms with Crippen LogP contribution in [0.3, 0.4) is 0 Å². The maximum absolute atomic E-state index is 14.5. The largest absolute Gasteiger partial charge is 0.494 e. The summed E-state index contributed by atoms with van der Waals surface area (Å²) in [5.41, 5.74) is 0.518. The van der Waals surface area contributed by atoms with Gasteiger partial charge >= 0.3 is 0 Å². The minimum Gasteiger partial charge on any atom is -0.494 e. The van der Waals surface area contributed by atoms with Crippen LogP contribution in [0, 0.1) is 5.82 Å². The lowest BCUT2D eigenvalue weighted by atomic mass is 9.95. The first-order valence-electron chi connectivity index (χ1n) is 12.6. The Morgan fingerprint density at radius 2 is 1.73 bits per heavy atom. The van der Waals surface area contributed by atoms with Gasteiger partial charge in [0.15, 0.2) is 0 Å². The Morgan fingerprint density at radius 1 is 1.08 bits per heavy atom. The molecule has 2 aromatic carbocycles. The molecule has 1 atom stereocenters. The highest BCUT2D eigenvalue weighted by molar-refractivity contribution is 7.92. The molecule has 0 aromatic heterocycles. The SMILES string of the molecule is CCOc1ccc(N(CC(=O)N(Cc2ccccc2F)C(C)C(=O)NC2CCCCC2)S(C)(=O)=O)cc1. The summed E-state index contributed by atoms with van der Waals surface area (Å²) in [5.74, 6) is -0.899. The van der Waals surface area contributed by atoms with E-state index in [1.165, 1.54) is 11.0 Å². The van der Waals surface area contributed by atoms with E-state index in [4.69, 9.17) is 4.74 Å². The third-order valence-electron chi connectivity index (χ3n) is 6.53. The van der Waals surface area contributed by atoms with Crippen LogP contribution >= 0.6 is 0 Å². The summed E-state index contributed by atoms with van der Waals surface area (Å²) in [6.45, 7) is 3.16. The summed E-state index contributed by atoms with van der Waals surface area (Å²) in [7, 11) is -3.85. The van der Waals surface area contributed by atoms with Crippen LogP contribution < -0.4 is 14.4 Å². The second-order valence-electron chi connectivity index (χ2n) is 9.33. The lowest BCUT2D eigenvalue weighted by Crippen LogP contribution is -2.53. The molecule has 202 valence electrons. The van der Waals surface area contributed by atoms with E-state index in [0.29, 0.717) is 12.4 Å². The molecular formula is C27H36FN3O5S. The fourth-order valence-corrected chi connectivity index (χ4v) is 5.30. The third-order valence-corrected chi connectivity index (χ3v) is 7.67. The van der Waals surface area contributed by atoms with Crippen molar-refractivity contribution in [2.75, 3.05) is 23.7 Å². The van der Waals surface area contributed by atoms with Gasteiger partial charge in [-0.05, 0) is 57.0 Å². The molecule has 0 spiro atoms. The number of nitrogens with one attached hydrogen (secondary N) is 1. The van der Waals surface area contributed by atoms with Gasteiger partial charge in [-0.15, -0.1) is 0 Å². The quantitative estimate of drug-likeness (QED) is 0.473. The highest BCUT2D eigenvalue weighted by atomic mass is 32.2. The Hall–Kier alpha value is -3.14. The van der Waals surface area contributed by atoms with Crippen LogP contribution in [-0.4, -0.2) is 56.6 Å². The maximum atomic E-state index is 14.5. The number of carbonyl (C=O) groups is 2. The zero-order valence-corrected chi connectivity index (χ0v) is 22.5. The van der Waals surface area contributed by atoms with Crippen molar-refractivity contribution < 1.29 is 27.1 Å². The van der Waals surface area contributed by atoms with Gasteiger partial charge in [0, 0.05) is 18.2 Å². The second-order valence-corrected chi connectivity index (χ2v) is 11.2. The second kappa shape index (κ2) is 12.9. The molecule has 1 aliphatic carbocycles. The zero-order chi connectivity index (χ0) is 27.0. The average molecular weight is 534 g/mol. The standard InChI is InChI=1S/C27H36FN3O5S/c1-4-36-24-16-14-23(15-17-24)31(37(3,34)35)19-26(32)30(18-21-10-8-9-13-25(21)28)20(2)27(33)29-22-11-6-5-7-12-22/h8-10,13-17,20,22H,4-7,11-12,18-19H2,1-3H3,(H,29,33). The van der Waals surface area contributed by atoms with E-state index in [2.05, 4.69) is 5.32 Å². The van der Waals surface area contributed by atoms with Crippen LogP contribution in [0.2, 0.25) is 0 Å². The van der Waals surface area contributed by atoms with Crippen LogP contribution in [-0.2, 0) is 26.2 Å². The van der Waals surface area contributed by atoms with Crippen molar-refractivity contribution in [3.63, 3.8) is 0 Å². The molecule has 0 saturated heterocycles. The Bertz CT molecular complexity index is 1170. The number of benzene rings is 2. The van der Waals surface area contributed by atoms with E-state index < -0.39 is 34.3 Å². The van der Waals surface area contributed by atoms with Crippen molar-refractivity contribution in [1.29, 1.82) is 0 Å². The molecule has 1 fully saturated rings. The smallest absolute Gasteiger partial charge is 0.244 e. The lowest BCUT2D eigenvalue weighted by Gasteiger charge is -2.33. The minimum atomic E-state index is -3.85. The normalized spacial score (nSPS) is 15.0. The molecule has 1 unspecified atom stereocenters. The zero-order valence-electron chi connectivity index (χ0n) is 21.7. The van der Waals surface area contributed by atoms with Crippen LogP contribution in [0.4, 0.5) is 10.1 Å². The number of rotatable bonds is 11. The summed E-state index contributed by atoms with van der Waals surface area (Å²) in [5, 5.41) is 3.02. The van der Waals surface area contributed by atoms with Crippen molar-refractivity contribution in [2.45, 2.75) is 64.6 Å². The molecule has 1 aliphatic rings. The Balaban J connectivity index is 1.86. The third kappa shape index (κ3) is 7.92. The van der Waals surface area contributed by atoms with Gasteiger partial charge in [-0.3, -0.25) is 13.9 Å². The summed E-state index contributed by atoms with van der Waals surface area (Å²) < 4.78 is 46.2. The van der Waals surface area contributed by atoms with Crippen molar-refractivity contribution in [1.82, 2.24) is 10.2 Å². The molecule has 2 aromatic rings. The first kappa shape index (κ1) is 28.4. The van der Waals surface area contributed by atoms with Crippen molar-refractivity contribution in [2.24, 2.45) is 0 Å². The predicted molar refractivity (Wildman–Crippen MR) is 141 cm³/mol. The molecule has 8 nitrogen and oxygen atoms in total. The Morgan fingerprint density at radius 3 is 2.32 bits per heavy atom. The van der Waals surface area contributed by atoms with E-state index >= 15 is 0 Å². The summed E-state index contributed by atoms with van der Waals surface area (Å²) >= 11 is 0. The summed E-state index contributed by atoms with van der Waals surface area (Å²) in [4.78, 5) is 28.0. The topological polar surface area (TPSA) is 96.0 Å². The molecule has 0 bridgehead atoms. The number of hydrogen-bond acceptors (Lipinski definition) is 5. The highest BCUT2D eigenvalue weighted by Crippen LogP contribution is 2.23. The summed E-state index contributed by atoms with van der Waals surface area (Å²) in [6.07, 6.45) is 5.95. The van der Waals surface area contributed by atoms with E-state index in [0.717, 1.165) is 42.7 Å². The van der Waals surface area contributed by atoms with Gasteiger partial charge in [0.1, 0.15) is 24.2 Å². The molecule has 2 amide bonds. The molecule has 37 heavy (non-hydrogen) atoms. The van der Waals surface area contributed by atoms with E-state index in [1.807, 2.05) is 6.92 Å². The van der Waals surface area contributed by atoms with Crippen molar-refractivity contribution in [3.05, 3.63) is 59.9 Å². The number of carbonyl (C=O) groups excluding carboxylic acids is 2. The van der Waals surface area contributed by atoms with E-state index in [9.17, 15) is 22.4 Å². The van der Waals surface area contributed by atoms with Crippen molar-refractivity contribution >= 4 is 27.5 Å². The molecule has 0 heterocycles. The monoisotopic (exact) mass is 533 g/mol. The minimum absolute atomic E-state index is 0.0329. The number of halogens is 1. The van der Waals surface area contributed by atoms with Crippen LogP contribution in [0.25, 0.3) is 0 Å². The molecule has 3 rings (SSSR count). The van der Waals surface area contributed by atoms with Crippen LogP contribution in [0.15, 0.2) is 48.5 Å². The van der Waals surface area contributed by atoms with E-state index in [1.54, 1.807) is 49.4 Å². The highest BCUT2D eigenvalue weighted by Gasteiger charge is 2.31. The van der Waals surface area contributed by atoms with Gasteiger partial charge in [0.2, 0.25) is 21.8 Å². The Kier molecular flexibility index (Phi) is 9.91. The average Bonchev–Trinajstić information content (AvgIpc) is 2.87. The van der Waals surface area contributed by atoms with Crippen molar-refractivity contribution in [3.8, 4) is 5.75 Å². The molecule has 0 radical (unpaired) electrons. The first-order chi connectivity index (χ1) is 17.6. The number of amides is 2. The number of sulfonamides is 1. The van der Waals surface area contributed by atoms with Crippen LogP contribution in [0.1, 0.15) is 51.5 Å². The molecule has 1 N–H and O–H groups in total. The first-order valence-corrected chi connectivity index (χ1v) is 14.5. The summed E-state index contributed by atoms with van der Waals surface area (Å²) in [6, 6.07) is 11.5. The molecular weight excluding hydrogens is 497 g/mol. The Labute approximate surface area is 218 Å². The molecule has 0 aliphatic heterocycles.